The van der Waals surface area contributed by atoms with E-state index in [9.17, 15) is 0 Å². The lowest BCUT2D eigenvalue weighted by Gasteiger charge is -2.36. The topological polar surface area (TPSA) is 13.1 Å². The molecule has 0 saturated heterocycles. The van der Waals surface area contributed by atoms with E-state index in [0.717, 1.165) is 33.9 Å². The SMILES string of the molecule is CC(C)(C)C1=CC(C(C)(C)C)CC(c2c3ccccc3c(-c3cccc4oc5cc(-c6c7ccccc7c(-c7ccccc7)c7ccccc67)ccc5c34)c3ccccc23)=C1. The van der Waals surface area contributed by atoms with E-state index in [1.54, 1.807) is 0 Å². The molecule has 1 aliphatic rings. The van der Waals surface area contributed by atoms with Crippen LogP contribution in [0.25, 0.3) is 104 Å². The van der Waals surface area contributed by atoms with Crippen molar-refractivity contribution in [2.24, 2.45) is 16.7 Å². The van der Waals surface area contributed by atoms with E-state index >= 15 is 0 Å². The summed E-state index contributed by atoms with van der Waals surface area (Å²) in [5, 5.41) is 12.4. The Morgan fingerprint density at radius 3 is 1.44 bits per heavy atom. The first kappa shape index (κ1) is 37.3. The van der Waals surface area contributed by atoms with Crippen molar-refractivity contribution in [3.05, 3.63) is 187 Å². The Balaban J connectivity index is 1.14. The van der Waals surface area contributed by atoms with Crippen molar-refractivity contribution in [2.75, 3.05) is 0 Å². The Hall–Kier alpha value is -6.70. The summed E-state index contributed by atoms with van der Waals surface area (Å²) >= 11 is 0. The van der Waals surface area contributed by atoms with Crippen LogP contribution in [0.2, 0.25) is 0 Å². The van der Waals surface area contributed by atoms with Crippen molar-refractivity contribution in [1.29, 1.82) is 0 Å². The van der Waals surface area contributed by atoms with Gasteiger partial charge in [-0.1, -0.05) is 199 Å². The van der Waals surface area contributed by atoms with Crippen molar-refractivity contribution in [2.45, 2.75) is 48.0 Å². The molecule has 1 heterocycles. The molecule has 1 nitrogen and oxygen atoms in total. The zero-order valence-corrected chi connectivity index (χ0v) is 35.9. The van der Waals surface area contributed by atoms with E-state index < -0.39 is 0 Å². The van der Waals surface area contributed by atoms with Gasteiger partial charge in [0.2, 0.25) is 0 Å². The summed E-state index contributed by atoms with van der Waals surface area (Å²) in [7, 11) is 0. The van der Waals surface area contributed by atoms with Crippen LogP contribution in [0, 0.1) is 16.7 Å². The first-order chi connectivity index (χ1) is 29.5. The molecule has 10 aromatic rings. The van der Waals surface area contributed by atoms with Crippen LogP contribution in [0.5, 0.6) is 0 Å². The van der Waals surface area contributed by atoms with Crippen LogP contribution < -0.4 is 0 Å². The number of fused-ring (bicyclic) bond motifs is 7. The minimum Gasteiger partial charge on any atom is -0.456 e. The highest BCUT2D eigenvalue weighted by molar-refractivity contribution is 6.25. The van der Waals surface area contributed by atoms with Crippen LogP contribution in [-0.4, -0.2) is 0 Å². The van der Waals surface area contributed by atoms with Gasteiger partial charge >= 0.3 is 0 Å². The van der Waals surface area contributed by atoms with Gasteiger partial charge in [-0.15, -0.1) is 0 Å². The Morgan fingerprint density at radius 2 is 0.918 bits per heavy atom. The van der Waals surface area contributed by atoms with E-state index in [1.807, 2.05) is 0 Å². The highest BCUT2D eigenvalue weighted by Gasteiger charge is 2.32. The van der Waals surface area contributed by atoms with Crippen LogP contribution in [0.3, 0.4) is 0 Å². The Labute approximate surface area is 358 Å². The molecule has 0 aliphatic heterocycles. The third kappa shape index (κ3) is 6.05. The van der Waals surface area contributed by atoms with Crippen LogP contribution in [0.15, 0.2) is 186 Å². The van der Waals surface area contributed by atoms with Crippen LogP contribution >= 0.6 is 0 Å². The fourth-order valence-corrected chi connectivity index (χ4v) is 10.3. The smallest absolute Gasteiger partial charge is 0.136 e. The molecule has 61 heavy (non-hydrogen) atoms. The number of rotatable bonds is 4. The molecule has 1 atom stereocenters. The molecule has 1 aliphatic carbocycles. The van der Waals surface area contributed by atoms with Gasteiger partial charge in [0.05, 0.1) is 0 Å². The second-order valence-corrected chi connectivity index (χ2v) is 19.3. The van der Waals surface area contributed by atoms with Gasteiger partial charge in [0.15, 0.2) is 0 Å². The van der Waals surface area contributed by atoms with Crippen molar-refractivity contribution in [3.8, 4) is 33.4 Å². The van der Waals surface area contributed by atoms with Gasteiger partial charge in [-0.05, 0) is 135 Å². The molecule has 0 N–H and O–H groups in total. The minimum atomic E-state index is 0.0460. The Kier molecular flexibility index (Phi) is 8.52. The lowest BCUT2D eigenvalue weighted by Crippen LogP contribution is -2.23. The summed E-state index contributed by atoms with van der Waals surface area (Å²) in [6.07, 6.45) is 6.09. The minimum absolute atomic E-state index is 0.0460. The maximum Gasteiger partial charge on any atom is 0.136 e. The molecule has 0 bridgehead atoms. The van der Waals surface area contributed by atoms with Crippen molar-refractivity contribution >= 4 is 70.6 Å². The molecule has 1 heteroatoms. The molecule has 11 rings (SSSR count). The lowest BCUT2D eigenvalue weighted by molar-refractivity contribution is 0.292. The predicted molar refractivity (Wildman–Crippen MR) is 263 cm³/mol. The maximum atomic E-state index is 6.91. The summed E-state index contributed by atoms with van der Waals surface area (Å²) in [5.41, 5.74) is 13.6. The van der Waals surface area contributed by atoms with Gasteiger partial charge < -0.3 is 4.42 Å². The van der Waals surface area contributed by atoms with Gasteiger partial charge in [0, 0.05) is 10.8 Å². The molecular weight excluding hydrogens is 737 g/mol. The van der Waals surface area contributed by atoms with Gasteiger partial charge in [-0.3, -0.25) is 0 Å². The number of benzene rings is 9. The fraction of sp³-hybridized carbons (Fsp3) is 0.167. The molecule has 0 amide bonds. The Bertz CT molecular complexity index is 3330. The molecule has 296 valence electrons. The first-order valence-electron chi connectivity index (χ1n) is 21.9. The molecule has 1 aromatic heterocycles. The summed E-state index contributed by atoms with van der Waals surface area (Å²) in [6.45, 7) is 14.2. The third-order valence-corrected chi connectivity index (χ3v) is 13.4. The molecule has 9 aromatic carbocycles. The highest BCUT2D eigenvalue weighted by Crippen LogP contribution is 2.51. The van der Waals surface area contributed by atoms with E-state index in [0.29, 0.717) is 5.92 Å². The molecule has 0 saturated carbocycles. The zero-order chi connectivity index (χ0) is 41.6. The van der Waals surface area contributed by atoms with Gasteiger partial charge in [0.1, 0.15) is 11.2 Å². The number of allylic oxidation sites excluding steroid dienone is 4. The summed E-state index contributed by atoms with van der Waals surface area (Å²) in [4.78, 5) is 0. The quantitative estimate of drug-likeness (QED) is 0.162. The normalized spacial score (nSPS) is 15.0. The molecule has 0 fully saturated rings. The maximum absolute atomic E-state index is 6.91. The largest absolute Gasteiger partial charge is 0.456 e. The van der Waals surface area contributed by atoms with E-state index in [2.05, 4.69) is 217 Å². The van der Waals surface area contributed by atoms with Gasteiger partial charge in [-0.25, -0.2) is 0 Å². The summed E-state index contributed by atoms with van der Waals surface area (Å²) in [5.74, 6) is 0.438. The van der Waals surface area contributed by atoms with Crippen LogP contribution in [-0.2, 0) is 0 Å². The molecular formula is C60H50O. The summed E-state index contributed by atoms with van der Waals surface area (Å²) < 4.78 is 6.91. The van der Waals surface area contributed by atoms with Crippen molar-refractivity contribution in [3.63, 3.8) is 0 Å². The molecule has 0 spiro atoms. The second kappa shape index (κ2) is 13.9. The molecule has 0 radical (unpaired) electrons. The van der Waals surface area contributed by atoms with E-state index in [4.69, 9.17) is 4.42 Å². The fourth-order valence-electron chi connectivity index (χ4n) is 10.3. The molecule has 1 unspecified atom stereocenters. The average Bonchev–Trinajstić information content (AvgIpc) is 3.65. The van der Waals surface area contributed by atoms with E-state index in [-0.39, 0.29) is 10.8 Å². The van der Waals surface area contributed by atoms with Crippen molar-refractivity contribution in [1.82, 2.24) is 0 Å². The first-order valence-corrected chi connectivity index (χ1v) is 21.9. The zero-order valence-electron chi connectivity index (χ0n) is 35.9. The highest BCUT2D eigenvalue weighted by atomic mass is 16.3. The average molecular weight is 787 g/mol. The number of furan rings is 1. The lowest BCUT2D eigenvalue weighted by atomic mass is 9.69. The van der Waals surface area contributed by atoms with Gasteiger partial charge in [-0.2, -0.15) is 0 Å². The predicted octanol–water partition coefficient (Wildman–Crippen LogP) is 17.6. The van der Waals surface area contributed by atoms with Crippen LogP contribution in [0.4, 0.5) is 0 Å². The van der Waals surface area contributed by atoms with Crippen molar-refractivity contribution < 1.29 is 4.42 Å². The number of hydrogen-bond donors (Lipinski definition) is 0. The van der Waals surface area contributed by atoms with Gasteiger partial charge in [0.25, 0.3) is 0 Å². The van der Waals surface area contributed by atoms with Crippen LogP contribution in [0.1, 0.15) is 53.5 Å². The summed E-state index contributed by atoms with van der Waals surface area (Å²) in [6, 6.07) is 60.2. The Morgan fingerprint density at radius 1 is 0.426 bits per heavy atom. The number of hydrogen-bond acceptors (Lipinski definition) is 1. The van der Waals surface area contributed by atoms with E-state index in [1.165, 1.54) is 87.6 Å². The standard InChI is InChI=1S/C60H50O/c1-59(2,3)40-33-39(34-41(36-40)60(4,5)6)56-46-25-14-16-27-48(46)57(49-28-17-15-26-47(49)56)51-29-18-30-52-58(51)50-32-31-38(35-53(50)61-52)55-44-23-12-10-21-42(44)54(37-19-8-7-9-20-37)43-22-11-13-24-45(43)55/h7-33,35-36,41H,34H2,1-6H3. The second-order valence-electron chi connectivity index (χ2n) is 19.3. The monoisotopic (exact) mass is 786 g/mol. The third-order valence-electron chi connectivity index (χ3n) is 13.4.